The fraction of sp³-hybridized carbons (Fsp3) is 0.538. The zero-order chi connectivity index (χ0) is 11.5. The van der Waals surface area contributed by atoms with Crippen molar-refractivity contribution in [3.8, 4) is 0 Å². The van der Waals surface area contributed by atoms with Crippen molar-refractivity contribution in [1.82, 2.24) is 5.32 Å². The first-order valence-electron chi connectivity index (χ1n) is 5.50. The molecule has 0 heterocycles. The molecule has 0 fully saturated rings. The Hall–Kier alpha value is -1.02. The number of nitrogens with one attached hydrogen (secondary N) is 1. The van der Waals surface area contributed by atoms with E-state index in [1.807, 2.05) is 14.0 Å². The number of ether oxygens (including phenoxy) is 1. The van der Waals surface area contributed by atoms with Gasteiger partial charge in [0.25, 0.3) is 0 Å². The summed E-state index contributed by atoms with van der Waals surface area (Å²) >= 11 is 0. The molecule has 0 amide bonds. The summed E-state index contributed by atoms with van der Waals surface area (Å²) in [6, 6.07) is 0. The standard InChI is InChI=1S/C13H23NO/c1-5-7-12(9-10-14-3)11-13(15-4)8-6-2/h5,7-8,11,14H,6,9-10H2,1-4H3/b7-5-,12-11+,13-8-. The largest absolute Gasteiger partial charge is 0.497 e. The van der Waals surface area contributed by atoms with Crippen LogP contribution < -0.4 is 5.32 Å². The van der Waals surface area contributed by atoms with Gasteiger partial charge in [0.2, 0.25) is 0 Å². The van der Waals surface area contributed by atoms with Gasteiger partial charge in [0, 0.05) is 0 Å². The Labute approximate surface area is 93.7 Å². The molecule has 2 nitrogen and oxygen atoms in total. The van der Waals surface area contributed by atoms with Gasteiger partial charge in [-0.3, -0.25) is 0 Å². The highest BCUT2D eigenvalue weighted by Crippen LogP contribution is 2.09. The third-order valence-corrected chi connectivity index (χ3v) is 2.01. The molecule has 0 aliphatic heterocycles. The van der Waals surface area contributed by atoms with Gasteiger partial charge in [-0.2, -0.15) is 0 Å². The third-order valence-electron chi connectivity index (χ3n) is 2.01. The van der Waals surface area contributed by atoms with Crippen molar-refractivity contribution in [2.24, 2.45) is 0 Å². The molecule has 0 aromatic rings. The Kier molecular flexibility index (Phi) is 8.88. The van der Waals surface area contributed by atoms with Gasteiger partial charge in [0.05, 0.1) is 7.11 Å². The molecule has 0 bridgehead atoms. The smallest absolute Gasteiger partial charge is 0.115 e. The van der Waals surface area contributed by atoms with E-state index in [0.29, 0.717) is 0 Å². The van der Waals surface area contributed by atoms with Crippen LogP contribution in [0.2, 0.25) is 0 Å². The van der Waals surface area contributed by atoms with Gasteiger partial charge in [0.1, 0.15) is 5.76 Å². The Morgan fingerprint density at radius 3 is 2.60 bits per heavy atom. The van der Waals surface area contributed by atoms with Crippen molar-refractivity contribution in [3.63, 3.8) is 0 Å². The van der Waals surface area contributed by atoms with Crippen LogP contribution >= 0.6 is 0 Å². The van der Waals surface area contributed by atoms with Crippen LogP contribution in [0.3, 0.4) is 0 Å². The zero-order valence-corrected chi connectivity index (χ0v) is 10.3. The van der Waals surface area contributed by atoms with Crippen molar-refractivity contribution in [2.75, 3.05) is 20.7 Å². The lowest BCUT2D eigenvalue weighted by atomic mass is 10.1. The number of hydrogen-bond donors (Lipinski definition) is 1. The number of hydrogen-bond acceptors (Lipinski definition) is 2. The van der Waals surface area contributed by atoms with Gasteiger partial charge >= 0.3 is 0 Å². The van der Waals surface area contributed by atoms with Gasteiger partial charge in [-0.05, 0) is 51.1 Å². The van der Waals surface area contributed by atoms with Gasteiger partial charge in [-0.15, -0.1) is 0 Å². The van der Waals surface area contributed by atoms with Crippen LogP contribution in [-0.4, -0.2) is 20.7 Å². The van der Waals surface area contributed by atoms with E-state index in [-0.39, 0.29) is 0 Å². The lowest BCUT2D eigenvalue weighted by Crippen LogP contribution is -2.08. The molecule has 0 saturated carbocycles. The molecule has 1 N–H and O–H groups in total. The van der Waals surface area contributed by atoms with Crippen LogP contribution in [0.15, 0.2) is 35.6 Å². The molecule has 0 atom stereocenters. The number of allylic oxidation sites excluding steroid dienone is 4. The normalized spacial score (nSPS) is 13.6. The second-order valence-corrected chi connectivity index (χ2v) is 3.29. The van der Waals surface area contributed by atoms with E-state index in [9.17, 15) is 0 Å². The van der Waals surface area contributed by atoms with E-state index in [1.165, 1.54) is 5.57 Å². The molecule has 0 aromatic heterocycles. The summed E-state index contributed by atoms with van der Waals surface area (Å²) in [4.78, 5) is 0. The van der Waals surface area contributed by atoms with Gasteiger partial charge < -0.3 is 10.1 Å². The monoisotopic (exact) mass is 209 g/mol. The molecule has 15 heavy (non-hydrogen) atoms. The maximum Gasteiger partial charge on any atom is 0.115 e. The van der Waals surface area contributed by atoms with E-state index in [2.05, 4.69) is 36.5 Å². The lowest BCUT2D eigenvalue weighted by Gasteiger charge is -2.05. The second kappa shape index (κ2) is 9.53. The summed E-state index contributed by atoms with van der Waals surface area (Å²) in [5.41, 5.74) is 1.29. The molecule has 0 aliphatic carbocycles. The average molecular weight is 209 g/mol. The van der Waals surface area contributed by atoms with E-state index >= 15 is 0 Å². The molecule has 0 rings (SSSR count). The fourth-order valence-corrected chi connectivity index (χ4v) is 1.27. The molecule has 0 saturated heterocycles. The van der Waals surface area contributed by atoms with E-state index in [0.717, 1.165) is 25.1 Å². The van der Waals surface area contributed by atoms with Crippen molar-refractivity contribution < 1.29 is 4.74 Å². The van der Waals surface area contributed by atoms with E-state index in [1.54, 1.807) is 7.11 Å². The summed E-state index contributed by atoms with van der Waals surface area (Å²) in [6.07, 6.45) is 10.4. The minimum atomic E-state index is 0.946. The summed E-state index contributed by atoms with van der Waals surface area (Å²) in [5, 5.41) is 3.14. The van der Waals surface area contributed by atoms with E-state index < -0.39 is 0 Å². The zero-order valence-electron chi connectivity index (χ0n) is 10.3. The predicted molar refractivity (Wildman–Crippen MR) is 66.8 cm³/mol. The summed E-state index contributed by atoms with van der Waals surface area (Å²) in [7, 11) is 3.68. The maximum absolute atomic E-state index is 5.28. The first-order valence-corrected chi connectivity index (χ1v) is 5.50. The van der Waals surface area contributed by atoms with Gasteiger partial charge in [-0.25, -0.2) is 0 Å². The van der Waals surface area contributed by atoms with Crippen molar-refractivity contribution >= 4 is 0 Å². The molecule has 86 valence electrons. The minimum Gasteiger partial charge on any atom is -0.497 e. The maximum atomic E-state index is 5.28. The van der Waals surface area contributed by atoms with Crippen LogP contribution in [0.5, 0.6) is 0 Å². The highest BCUT2D eigenvalue weighted by atomic mass is 16.5. The molecule has 0 radical (unpaired) electrons. The van der Waals surface area contributed by atoms with Crippen molar-refractivity contribution in [1.29, 1.82) is 0 Å². The quantitative estimate of drug-likeness (QED) is 0.514. The Bertz CT molecular complexity index is 239. The molecule has 2 heteroatoms. The molecular formula is C13H23NO. The van der Waals surface area contributed by atoms with Crippen molar-refractivity contribution in [2.45, 2.75) is 26.7 Å². The Morgan fingerprint density at radius 1 is 1.40 bits per heavy atom. The number of methoxy groups -OCH3 is 1. The van der Waals surface area contributed by atoms with Crippen LogP contribution in [0.4, 0.5) is 0 Å². The summed E-state index contributed by atoms with van der Waals surface area (Å²) in [6.45, 7) is 5.12. The Morgan fingerprint density at radius 2 is 2.13 bits per heavy atom. The van der Waals surface area contributed by atoms with Gasteiger partial charge in [0.15, 0.2) is 0 Å². The van der Waals surface area contributed by atoms with Crippen LogP contribution in [0.25, 0.3) is 0 Å². The molecular weight excluding hydrogens is 186 g/mol. The molecule has 0 unspecified atom stereocenters. The summed E-state index contributed by atoms with van der Waals surface area (Å²) in [5.74, 6) is 0.946. The summed E-state index contributed by atoms with van der Waals surface area (Å²) < 4.78 is 5.28. The molecule has 0 aliphatic rings. The molecule has 0 spiro atoms. The second-order valence-electron chi connectivity index (χ2n) is 3.29. The fourth-order valence-electron chi connectivity index (χ4n) is 1.27. The van der Waals surface area contributed by atoms with Crippen LogP contribution in [-0.2, 0) is 4.74 Å². The lowest BCUT2D eigenvalue weighted by molar-refractivity contribution is 0.305. The topological polar surface area (TPSA) is 21.3 Å². The first kappa shape index (κ1) is 14.0. The van der Waals surface area contributed by atoms with Crippen molar-refractivity contribution in [3.05, 3.63) is 35.6 Å². The highest BCUT2D eigenvalue weighted by Gasteiger charge is 1.95. The van der Waals surface area contributed by atoms with Crippen LogP contribution in [0.1, 0.15) is 26.7 Å². The SMILES string of the molecule is C\C=C/C(=C\C(=C\CC)OC)CCNC. The third kappa shape index (κ3) is 6.97. The number of rotatable bonds is 7. The average Bonchev–Trinajstić information content (AvgIpc) is 2.25. The highest BCUT2D eigenvalue weighted by molar-refractivity contribution is 5.27. The minimum absolute atomic E-state index is 0.946. The van der Waals surface area contributed by atoms with Crippen LogP contribution in [0, 0.1) is 0 Å². The molecule has 0 aromatic carbocycles. The first-order chi connectivity index (χ1) is 7.28. The van der Waals surface area contributed by atoms with Gasteiger partial charge in [-0.1, -0.05) is 19.1 Å². The Balaban J connectivity index is 4.55. The predicted octanol–water partition coefficient (Wildman–Crippen LogP) is 3.04. The van der Waals surface area contributed by atoms with E-state index in [4.69, 9.17) is 4.74 Å².